The van der Waals surface area contributed by atoms with Crippen molar-refractivity contribution >= 4 is 21.4 Å². The van der Waals surface area contributed by atoms with E-state index in [0.717, 1.165) is 7.05 Å². The second-order valence-electron chi connectivity index (χ2n) is 3.32. The van der Waals surface area contributed by atoms with Crippen molar-refractivity contribution in [2.24, 2.45) is 0 Å². The van der Waals surface area contributed by atoms with Gasteiger partial charge in [-0.05, 0) is 6.07 Å². The number of sulfonamides is 1. The lowest BCUT2D eigenvalue weighted by Gasteiger charge is -2.14. The summed E-state index contributed by atoms with van der Waals surface area (Å²) in [6.07, 6.45) is 0. The lowest BCUT2D eigenvalue weighted by molar-refractivity contribution is 0.222. The molecule has 0 fully saturated rings. The van der Waals surface area contributed by atoms with Crippen LogP contribution in [0, 0.1) is 11.8 Å². The Labute approximate surface area is 108 Å². The van der Waals surface area contributed by atoms with Crippen molar-refractivity contribution in [3.8, 4) is 11.8 Å². The molecule has 0 amide bonds. The van der Waals surface area contributed by atoms with Crippen molar-refractivity contribution in [3.63, 3.8) is 0 Å². The van der Waals surface area contributed by atoms with E-state index in [1.54, 1.807) is 11.4 Å². The van der Waals surface area contributed by atoms with Crippen LogP contribution in [0.5, 0.6) is 0 Å². The first-order valence-electron chi connectivity index (χ1n) is 4.78. The summed E-state index contributed by atoms with van der Waals surface area (Å²) in [4.78, 5) is 0.601. The highest BCUT2D eigenvalue weighted by Crippen LogP contribution is 2.19. The van der Waals surface area contributed by atoms with E-state index in [4.69, 9.17) is 5.11 Å². The Morgan fingerprint density at radius 1 is 1.56 bits per heavy atom. The zero-order valence-electron chi connectivity index (χ0n) is 9.43. The molecule has 4 nitrogen and oxygen atoms in total. The summed E-state index contributed by atoms with van der Waals surface area (Å²) in [6, 6.07) is 1.60. The molecular formula is C10H11F2NO3S2. The first-order valence-corrected chi connectivity index (χ1v) is 7.16. The highest BCUT2D eigenvalue weighted by molar-refractivity contribution is 7.89. The maximum Gasteiger partial charge on any atom is 0.350 e. The quantitative estimate of drug-likeness (QED) is 0.846. The van der Waals surface area contributed by atoms with Gasteiger partial charge in [0, 0.05) is 29.4 Å². The van der Waals surface area contributed by atoms with Gasteiger partial charge >= 0.3 is 5.76 Å². The molecular weight excluding hydrogens is 284 g/mol. The zero-order chi connectivity index (χ0) is 13.8. The minimum atomic E-state index is -4.55. The summed E-state index contributed by atoms with van der Waals surface area (Å²) in [5, 5.41) is 10.2. The van der Waals surface area contributed by atoms with E-state index < -0.39 is 15.8 Å². The molecule has 0 unspecified atom stereocenters. The van der Waals surface area contributed by atoms with Crippen LogP contribution in [0.3, 0.4) is 0 Å². The van der Waals surface area contributed by atoms with E-state index in [2.05, 4.69) is 11.8 Å². The third-order valence-electron chi connectivity index (χ3n) is 2.00. The van der Waals surface area contributed by atoms with Crippen LogP contribution in [0.15, 0.2) is 11.4 Å². The maximum atomic E-state index is 12.3. The molecule has 1 aromatic heterocycles. The molecule has 0 aromatic carbocycles. The Morgan fingerprint density at radius 2 is 2.22 bits per heavy atom. The predicted molar refractivity (Wildman–Crippen MR) is 64.7 cm³/mol. The molecule has 1 aromatic rings. The number of nitrogens with zero attached hydrogens (tertiary/aromatic N) is 1. The van der Waals surface area contributed by atoms with Crippen LogP contribution in [-0.2, 0) is 16.6 Å². The third kappa shape index (κ3) is 3.74. The molecule has 0 aliphatic carbocycles. The Hall–Kier alpha value is -1.01. The monoisotopic (exact) mass is 295 g/mol. The summed E-state index contributed by atoms with van der Waals surface area (Å²) < 4.78 is 47.4. The minimum Gasteiger partial charge on any atom is -0.384 e. The van der Waals surface area contributed by atoms with Gasteiger partial charge < -0.3 is 5.11 Å². The molecule has 0 saturated carbocycles. The van der Waals surface area contributed by atoms with Crippen molar-refractivity contribution in [3.05, 3.63) is 21.9 Å². The number of rotatable bonds is 4. The fourth-order valence-corrected chi connectivity index (χ4v) is 2.66. The van der Waals surface area contributed by atoms with Gasteiger partial charge in [0.15, 0.2) is 0 Å². The van der Waals surface area contributed by atoms with Crippen molar-refractivity contribution in [1.29, 1.82) is 0 Å². The van der Waals surface area contributed by atoms with Gasteiger partial charge in [-0.1, -0.05) is 11.8 Å². The summed E-state index contributed by atoms with van der Waals surface area (Å²) >= 11 is 1.22. The number of alkyl halides is 2. The van der Waals surface area contributed by atoms with Gasteiger partial charge in [-0.2, -0.15) is 13.1 Å². The fraction of sp³-hybridized carbons (Fsp3) is 0.400. The summed E-state index contributed by atoms with van der Waals surface area (Å²) in [5.41, 5.74) is 0.617. The Bertz CT molecular complexity index is 557. The van der Waals surface area contributed by atoms with Gasteiger partial charge in [-0.25, -0.2) is 8.42 Å². The largest absolute Gasteiger partial charge is 0.384 e. The lowest BCUT2D eigenvalue weighted by Crippen LogP contribution is -2.31. The third-order valence-corrected chi connectivity index (χ3v) is 4.37. The maximum absolute atomic E-state index is 12.3. The Morgan fingerprint density at radius 3 is 2.78 bits per heavy atom. The average Bonchev–Trinajstić information content (AvgIpc) is 2.73. The molecule has 0 bridgehead atoms. The highest BCUT2D eigenvalue weighted by Gasteiger charge is 2.29. The van der Waals surface area contributed by atoms with Crippen LogP contribution < -0.4 is 0 Å². The topological polar surface area (TPSA) is 57.6 Å². The molecule has 100 valence electrons. The Balaban J connectivity index is 2.77. The first-order chi connectivity index (χ1) is 8.37. The molecule has 0 radical (unpaired) electrons. The number of hydrogen-bond donors (Lipinski definition) is 1. The number of thiophene rings is 1. The molecule has 0 saturated heterocycles. The van der Waals surface area contributed by atoms with Gasteiger partial charge in [-0.15, -0.1) is 11.3 Å². The average molecular weight is 295 g/mol. The predicted octanol–water partition coefficient (Wildman–Crippen LogP) is 1.08. The Kier molecular flexibility index (Phi) is 5.22. The number of halogens is 2. The minimum absolute atomic E-state index is 0.127. The lowest BCUT2D eigenvalue weighted by atomic mass is 10.3. The van der Waals surface area contributed by atoms with E-state index in [-0.39, 0.29) is 13.2 Å². The van der Waals surface area contributed by atoms with Crippen LogP contribution in [0.1, 0.15) is 10.4 Å². The van der Waals surface area contributed by atoms with Crippen molar-refractivity contribution in [1.82, 2.24) is 4.31 Å². The van der Waals surface area contributed by atoms with Crippen LogP contribution in [0.2, 0.25) is 0 Å². The summed E-state index contributed by atoms with van der Waals surface area (Å²) in [7, 11) is -3.45. The number of aliphatic hydroxyl groups excluding tert-OH is 1. The van der Waals surface area contributed by atoms with E-state index in [1.807, 2.05) is 0 Å². The van der Waals surface area contributed by atoms with E-state index >= 15 is 0 Å². The first kappa shape index (κ1) is 15.0. The molecule has 0 aliphatic rings. The molecule has 0 aliphatic heterocycles. The van der Waals surface area contributed by atoms with Crippen LogP contribution in [0.4, 0.5) is 8.78 Å². The molecule has 1 rings (SSSR count). The SMILES string of the molecule is CN(Cc1cc(C#CCO)cs1)S(=O)(=O)C(F)F. The van der Waals surface area contributed by atoms with Gasteiger partial charge in [0.1, 0.15) is 6.61 Å². The normalized spacial score (nSPS) is 11.7. The molecule has 1 heterocycles. The fourth-order valence-electron chi connectivity index (χ4n) is 1.12. The number of hydrogen-bond acceptors (Lipinski definition) is 4. The van der Waals surface area contributed by atoms with E-state index in [0.29, 0.717) is 14.7 Å². The second kappa shape index (κ2) is 6.24. The summed E-state index contributed by atoms with van der Waals surface area (Å²) in [5.74, 6) is 1.66. The van der Waals surface area contributed by atoms with Crippen LogP contribution in [0.25, 0.3) is 0 Å². The highest BCUT2D eigenvalue weighted by atomic mass is 32.2. The molecule has 0 atom stereocenters. The summed E-state index contributed by atoms with van der Waals surface area (Å²) in [6.45, 7) is -0.400. The van der Waals surface area contributed by atoms with Crippen molar-refractivity contribution in [2.45, 2.75) is 12.3 Å². The van der Waals surface area contributed by atoms with E-state index in [9.17, 15) is 17.2 Å². The number of aliphatic hydroxyl groups is 1. The van der Waals surface area contributed by atoms with Crippen molar-refractivity contribution in [2.75, 3.05) is 13.7 Å². The molecule has 18 heavy (non-hydrogen) atoms. The second-order valence-corrected chi connectivity index (χ2v) is 6.33. The molecule has 0 spiro atoms. The smallest absolute Gasteiger partial charge is 0.350 e. The van der Waals surface area contributed by atoms with E-state index in [1.165, 1.54) is 11.3 Å². The van der Waals surface area contributed by atoms with Crippen molar-refractivity contribution < 1.29 is 22.3 Å². The van der Waals surface area contributed by atoms with Crippen LogP contribution >= 0.6 is 11.3 Å². The molecule has 1 N–H and O–H groups in total. The molecule has 8 heteroatoms. The zero-order valence-corrected chi connectivity index (χ0v) is 11.1. The van der Waals surface area contributed by atoms with Gasteiger partial charge in [0.05, 0.1) is 0 Å². The van der Waals surface area contributed by atoms with Gasteiger partial charge in [0.25, 0.3) is 10.0 Å². The van der Waals surface area contributed by atoms with Gasteiger partial charge in [0.2, 0.25) is 0 Å². The standard InChI is InChI=1S/C10H11F2NO3S2/c1-13(18(15,16)10(11)12)6-9-5-8(7-17-9)3-2-4-14/h5,7,10,14H,4,6H2,1H3. The van der Waals surface area contributed by atoms with Gasteiger partial charge in [-0.3, -0.25) is 0 Å². The van der Waals surface area contributed by atoms with Crippen LogP contribution in [-0.4, -0.2) is 37.2 Å².